The van der Waals surface area contributed by atoms with Gasteiger partial charge in [-0.05, 0) is 29.8 Å². The van der Waals surface area contributed by atoms with Crippen molar-refractivity contribution in [2.75, 3.05) is 33.4 Å². The molecule has 6 rings (SSSR count). The number of ether oxygens (including phenoxy) is 5. The van der Waals surface area contributed by atoms with Gasteiger partial charge in [0, 0.05) is 44.3 Å². The van der Waals surface area contributed by atoms with E-state index in [4.69, 9.17) is 23.7 Å². The zero-order valence-corrected chi connectivity index (χ0v) is 20.3. The van der Waals surface area contributed by atoms with Crippen LogP contribution in [0.4, 0.5) is 0 Å². The van der Waals surface area contributed by atoms with E-state index >= 15 is 0 Å². The first kappa shape index (κ1) is 22.7. The van der Waals surface area contributed by atoms with Gasteiger partial charge in [-0.1, -0.05) is 0 Å². The number of rotatable bonds is 2. The fourth-order valence-corrected chi connectivity index (χ4v) is 5.69. The van der Waals surface area contributed by atoms with Crippen molar-refractivity contribution in [1.82, 2.24) is 4.90 Å². The molecule has 1 unspecified atom stereocenters. The van der Waals surface area contributed by atoms with Crippen LogP contribution >= 0.6 is 0 Å². The lowest BCUT2D eigenvalue weighted by molar-refractivity contribution is -0.135. The van der Waals surface area contributed by atoms with Gasteiger partial charge in [0.1, 0.15) is 30.3 Å². The third-order valence-corrected chi connectivity index (χ3v) is 7.57. The number of piperidine rings is 1. The molecule has 0 aliphatic carbocycles. The van der Waals surface area contributed by atoms with Gasteiger partial charge < -0.3 is 28.6 Å². The zero-order chi connectivity index (χ0) is 25.0. The van der Waals surface area contributed by atoms with Crippen LogP contribution in [0.2, 0.25) is 0 Å². The van der Waals surface area contributed by atoms with Gasteiger partial charge in [0.05, 0.1) is 25.5 Å². The summed E-state index contributed by atoms with van der Waals surface area (Å²) in [5, 5.41) is 0. The predicted molar refractivity (Wildman–Crippen MR) is 126 cm³/mol. The lowest BCUT2D eigenvalue weighted by Crippen LogP contribution is -2.52. The minimum atomic E-state index is -0.693. The van der Waals surface area contributed by atoms with Gasteiger partial charge in [0.15, 0.2) is 17.3 Å². The summed E-state index contributed by atoms with van der Waals surface area (Å²) in [5.74, 6) is 1.65. The highest BCUT2D eigenvalue weighted by molar-refractivity contribution is 6.01. The number of ketones is 1. The van der Waals surface area contributed by atoms with E-state index in [1.807, 2.05) is 12.1 Å². The maximum absolute atomic E-state index is 13.3. The average molecular weight is 494 g/mol. The molecule has 4 aliphatic heterocycles. The minimum Gasteiger partial charge on any atom is -0.493 e. The summed E-state index contributed by atoms with van der Waals surface area (Å²) >= 11 is 0. The summed E-state index contributed by atoms with van der Waals surface area (Å²) in [7, 11) is 1.56. The molecule has 1 saturated heterocycles. The van der Waals surface area contributed by atoms with Crippen molar-refractivity contribution in [3.63, 3.8) is 0 Å². The van der Waals surface area contributed by atoms with Crippen LogP contribution in [0.15, 0.2) is 24.3 Å². The number of benzene rings is 2. The Labute approximate surface area is 208 Å². The normalized spacial score (nSPS) is 21.7. The van der Waals surface area contributed by atoms with Crippen molar-refractivity contribution >= 4 is 17.7 Å². The van der Waals surface area contributed by atoms with Crippen LogP contribution in [0, 0.1) is 0 Å². The molecule has 0 N–H and O–H groups in total. The third-order valence-electron chi connectivity index (χ3n) is 7.57. The smallest absolute Gasteiger partial charge is 0.312 e. The second kappa shape index (κ2) is 8.43. The molecule has 9 nitrogen and oxygen atoms in total. The molecule has 4 aliphatic rings. The Hall–Kier alpha value is -3.75. The number of nitrogens with zero attached hydrogens (tertiary/aromatic N) is 1. The number of Topliss-reactive ketones (excluding diaryl/α,β-unsaturated/α-hetero) is 1. The molecule has 1 amide bonds. The predicted octanol–water partition coefficient (Wildman–Crippen LogP) is 3.25. The van der Waals surface area contributed by atoms with Crippen LogP contribution in [0.25, 0.3) is 0 Å². The lowest BCUT2D eigenvalue weighted by atomic mass is 9.79. The van der Waals surface area contributed by atoms with E-state index in [0.29, 0.717) is 79.0 Å². The van der Waals surface area contributed by atoms with Crippen molar-refractivity contribution in [1.29, 1.82) is 0 Å². The summed E-state index contributed by atoms with van der Waals surface area (Å²) in [6.45, 7) is 3.45. The van der Waals surface area contributed by atoms with Gasteiger partial charge in [0.2, 0.25) is 11.7 Å². The largest absolute Gasteiger partial charge is 0.493 e. The Balaban J connectivity index is 1.45. The highest BCUT2D eigenvalue weighted by atomic mass is 16.6. The number of likely N-dealkylation sites (tertiary alicyclic amines) is 1. The zero-order valence-electron chi connectivity index (χ0n) is 20.3. The van der Waals surface area contributed by atoms with Crippen LogP contribution in [-0.4, -0.2) is 61.6 Å². The maximum Gasteiger partial charge on any atom is 0.312 e. The maximum atomic E-state index is 13.3. The minimum absolute atomic E-state index is 0.00858. The van der Waals surface area contributed by atoms with Gasteiger partial charge in [-0.3, -0.25) is 14.4 Å². The van der Waals surface area contributed by atoms with Crippen LogP contribution in [-0.2, 0) is 9.59 Å². The molecule has 1 fully saturated rings. The number of carbonyl (C=O) groups excluding carboxylic acids is 3. The molecule has 0 radical (unpaired) electrons. The topological polar surface area (TPSA) is 101 Å². The van der Waals surface area contributed by atoms with Gasteiger partial charge in [-0.2, -0.15) is 0 Å². The summed E-state index contributed by atoms with van der Waals surface area (Å²) in [6, 6.07) is 7.04. The molecular weight excluding hydrogens is 466 g/mol. The Morgan fingerprint density at radius 1 is 1.06 bits per heavy atom. The highest BCUT2D eigenvalue weighted by Crippen LogP contribution is 2.52. The molecule has 4 heterocycles. The van der Waals surface area contributed by atoms with E-state index in [-0.39, 0.29) is 30.5 Å². The van der Waals surface area contributed by atoms with Crippen LogP contribution in [0.5, 0.6) is 28.7 Å². The fourth-order valence-electron chi connectivity index (χ4n) is 5.69. The molecule has 0 bridgehead atoms. The number of methoxy groups -OCH3 is 1. The fraction of sp³-hybridized carbons (Fsp3) is 0.444. The number of hydrogen-bond acceptors (Lipinski definition) is 8. The molecule has 1 atom stereocenters. The van der Waals surface area contributed by atoms with Gasteiger partial charge in [-0.15, -0.1) is 0 Å². The molecule has 2 aromatic rings. The van der Waals surface area contributed by atoms with E-state index in [1.165, 1.54) is 0 Å². The molecular formula is C27H27NO8. The number of fused-ring (bicyclic) bond motifs is 4. The standard InChI is InChI=1S/C27H27NO8/c1-15(29)28-7-5-27(6-8-28)14-19(30)17-3-4-20-24(25(17)36-27)18(13-23(31)35-20)16-11-21(32-2)26-22(12-16)33-9-10-34-26/h3-4,11-12,18H,5-10,13-14H2,1-2H3. The van der Waals surface area contributed by atoms with Crippen molar-refractivity contribution in [3.8, 4) is 28.7 Å². The number of hydrogen-bond donors (Lipinski definition) is 0. The van der Waals surface area contributed by atoms with E-state index in [2.05, 4.69) is 0 Å². The lowest BCUT2D eigenvalue weighted by Gasteiger charge is -2.45. The molecule has 0 aromatic heterocycles. The van der Waals surface area contributed by atoms with E-state index in [0.717, 1.165) is 5.56 Å². The van der Waals surface area contributed by atoms with E-state index < -0.39 is 11.5 Å². The number of esters is 1. The molecule has 1 spiro atoms. The van der Waals surface area contributed by atoms with Crippen molar-refractivity contribution < 1.29 is 38.1 Å². The monoisotopic (exact) mass is 493 g/mol. The Bertz CT molecular complexity index is 1260. The Morgan fingerprint density at radius 2 is 1.83 bits per heavy atom. The van der Waals surface area contributed by atoms with Crippen LogP contribution in [0.3, 0.4) is 0 Å². The van der Waals surface area contributed by atoms with Gasteiger partial charge in [0.25, 0.3) is 0 Å². The Kier molecular flexibility index (Phi) is 5.31. The second-order valence-corrected chi connectivity index (χ2v) is 9.72. The first-order valence-corrected chi connectivity index (χ1v) is 12.2. The van der Waals surface area contributed by atoms with Crippen molar-refractivity contribution in [2.24, 2.45) is 0 Å². The van der Waals surface area contributed by atoms with Crippen LogP contribution < -0.4 is 23.7 Å². The van der Waals surface area contributed by atoms with Crippen molar-refractivity contribution in [2.45, 2.75) is 44.1 Å². The molecule has 9 heteroatoms. The van der Waals surface area contributed by atoms with E-state index in [9.17, 15) is 14.4 Å². The first-order valence-electron chi connectivity index (χ1n) is 12.2. The SMILES string of the molecule is COc1cc(C2CC(=O)Oc3ccc4c(c32)OC2(CCN(C(C)=O)CC2)CC4=O)cc2c1OCCO2. The molecule has 188 valence electrons. The molecule has 36 heavy (non-hydrogen) atoms. The first-order chi connectivity index (χ1) is 17.4. The average Bonchev–Trinajstić information content (AvgIpc) is 2.87. The summed E-state index contributed by atoms with van der Waals surface area (Å²) < 4.78 is 29.4. The number of amides is 1. The summed E-state index contributed by atoms with van der Waals surface area (Å²) in [5.41, 5.74) is 1.25. The quantitative estimate of drug-likeness (QED) is 0.464. The third kappa shape index (κ3) is 3.65. The number of carbonyl (C=O) groups is 3. The Morgan fingerprint density at radius 3 is 2.58 bits per heavy atom. The molecule has 0 saturated carbocycles. The van der Waals surface area contributed by atoms with Crippen LogP contribution in [0.1, 0.15) is 60.0 Å². The summed E-state index contributed by atoms with van der Waals surface area (Å²) in [6.07, 6.45) is 1.45. The van der Waals surface area contributed by atoms with E-state index in [1.54, 1.807) is 31.1 Å². The van der Waals surface area contributed by atoms with Gasteiger partial charge >= 0.3 is 5.97 Å². The summed E-state index contributed by atoms with van der Waals surface area (Å²) in [4.78, 5) is 39.6. The molecule has 2 aromatic carbocycles. The van der Waals surface area contributed by atoms with Crippen molar-refractivity contribution in [3.05, 3.63) is 41.0 Å². The van der Waals surface area contributed by atoms with Gasteiger partial charge in [-0.25, -0.2) is 0 Å². The highest BCUT2D eigenvalue weighted by Gasteiger charge is 2.46. The second-order valence-electron chi connectivity index (χ2n) is 9.72.